The van der Waals surface area contributed by atoms with E-state index in [4.69, 9.17) is 0 Å². The maximum Gasteiger partial charge on any atom is -0.0118 e. The second-order valence-corrected chi connectivity index (χ2v) is 11.8. The first-order chi connectivity index (χ1) is 15.8. The fraction of sp³-hybridized carbons (Fsp3) is 0.0645. The molecule has 1 aliphatic rings. The molecule has 5 rings (SSSR count). The third-order valence-electron chi connectivity index (χ3n) is 6.32. The Balaban J connectivity index is 1.93. The molecule has 0 radical (unpaired) electrons. The van der Waals surface area contributed by atoms with E-state index < -0.39 is 6.89 Å². The molecular formula is C31H27P. The molecule has 0 fully saturated rings. The van der Waals surface area contributed by atoms with Crippen molar-refractivity contribution in [2.45, 2.75) is 6.92 Å². The van der Waals surface area contributed by atoms with Crippen molar-refractivity contribution in [3.05, 3.63) is 150 Å². The highest BCUT2D eigenvalue weighted by atomic mass is 31.2. The van der Waals surface area contributed by atoms with Gasteiger partial charge in [-0.3, -0.25) is 0 Å². The Labute approximate surface area is 191 Å². The smallest absolute Gasteiger partial charge is 0.0118 e. The monoisotopic (exact) mass is 430 g/mol. The van der Waals surface area contributed by atoms with E-state index in [-0.39, 0.29) is 0 Å². The van der Waals surface area contributed by atoms with E-state index in [0.717, 1.165) is 6.16 Å². The molecule has 1 aliphatic heterocycles. The summed E-state index contributed by atoms with van der Waals surface area (Å²) in [5.74, 6) is 0. The van der Waals surface area contributed by atoms with E-state index in [2.05, 4.69) is 140 Å². The van der Waals surface area contributed by atoms with Gasteiger partial charge in [0.15, 0.2) is 0 Å². The zero-order chi connectivity index (χ0) is 21.8. The molecule has 0 N–H and O–H groups in total. The number of allylic oxidation sites excluding steroid dienone is 3. The molecule has 0 nitrogen and oxygen atoms in total. The van der Waals surface area contributed by atoms with Crippen molar-refractivity contribution in [1.29, 1.82) is 0 Å². The molecular weight excluding hydrogens is 403 g/mol. The van der Waals surface area contributed by atoms with E-state index in [1.165, 1.54) is 38.2 Å². The fourth-order valence-electron chi connectivity index (χ4n) is 4.79. The van der Waals surface area contributed by atoms with Crippen molar-refractivity contribution >= 4 is 28.4 Å². The SMILES string of the molecule is CCP1(c2ccccc2)=C(c2ccccc2)C=C(c2ccccc2)C=C1c1ccccc1. The minimum atomic E-state index is -1.84. The number of benzene rings is 4. The zero-order valence-electron chi connectivity index (χ0n) is 18.4. The lowest BCUT2D eigenvalue weighted by atomic mass is 10.0. The first-order valence-electron chi connectivity index (χ1n) is 11.2. The van der Waals surface area contributed by atoms with Crippen molar-refractivity contribution in [3.8, 4) is 0 Å². The summed E-state index contributed by atoms with van der Waals surface area (Å²) in [7, 11) is 0. The summed E-state index contributed by atoms with van der Waals surface area (Å²) in [6.07, 6.45) is 6.00. The van der Waals surface area contributed by atoms with Gasteiger partial charge in [0.1, 0.15) is 0 Å². The van der Waals surface area contributed by atoms with E-state index in [9.17, 15) is 0 Å². The summed E-state index contributed by atoms with van der Waals surface area (Å²) in [4.78, 5) is 0. The topological polar surface area (TPSA) is 0 Å². The minimum absolute atomic E-state index is 1.08. The van der Waals surface area contributed by atoms with Gasteiger partial charge < -0.3 is 0 Å². The largest absolute Gasteiger partial charge is 0.0622 e. The minimum Gasteiger partial charge on any atom is -0.0622 e. The summed E-state index contributed by atoms with van der Waals surface area (Å²) < 4.78 is 0. The maximum atomic E-state index is 2.46. The fourth-order valence-corrected chi connectivity index (χ4v) is 9.23. The van der Waals surface area contributed by atoms with Gasteiger partial charge >= 0.3 is 0 Å². The standard InChI is InChI=1S/C31H27P/c1-2-32(29-21-13-6-14-22-29)30(26-17-9-4-10-18-26)23-28(25-15-7-3-8-16-25)24-31(32)27-19-11-5-12-20-27/h3-24H,2H2,1H3. The number of hydrogen-bond donors (Lipinski definition) is 0. The van der Waals surface area contributed by atoms with Crippen LogP contribution in [0.25, 0.3) is 10.9 Å². The third-order valence-corrected chi connectivity index (χ3v) is 10.9. The molecule has 1 unspecified atom stereocenters. The Morgan fingerprint density at radius 1 is 0.500 bits per heavy atom. The van der Waals surface area contributed by atoms with Gasteiger partial charge in [0.05, 0.1) is 0 Å². The molecule has 0 spiro atoms. The first kappa shape index (κ1) is 20.6. The van der Waals surface area contributed by atoms with E-state index in [0.29, 0.717) is 0 Å². The van der Waals surface area contributed by atoms with Gasteiger partial charge in [-0.15, -0.1) is 0 Å². The predicted molar refractivity (Wildman–Crippen MR) is 143 cm³/mol. The lowest BCUT2D eigenvalue weighted by Crippen LogP contribution is -2.18. The summed E-state index contributed by atoms with van der Waals surface area (Å²) in [5, 5.41) is 4.37. The molecule has 0 saturated carbocycles. The Morgan fingerprint density at radius 2 is 0.969 bits per heavy atom. The molecule has 4 aromatic rings. The average molecular weight is 431 g/mol. The highest BCUT2D eigenvalue weighted by Crippen LogP contribution is 2.63. The lowest BCUT2D eigenvalue weighted by Gasteiger charge is -2.36. The molecule has 0 saturated heterocycles. The summed E-state index contributed by atoms with van der Waals surface area (Å²) >= 11 is 0. The molecule has 0 aromatic heterocycles. The van der Waals surface area contributed by atoms with Crippen molar-refractivity contribution in [3.63, 3.8) is 0 Å². The quantitative estimate of drug-likeness (QED) is 0.285. The van der Waals surface area contributed by atoms with Crippen LogP contribution in [0.5, 0.6) is 0 Å². The van der Waals surface area contributed by atoms with Gasteiger partial charge in [0.2, 0.25) is 0 Å². The van der Waals surface area contributed by atoms with Crippen LogP contribution in [0.15, 0.2) is 133 Å². The second-order valence-electron chi connectivity index (χ2n) is 8.07. The average Bonchev–Trinajstić information content (AvgIpc) is 2.90. The Hall–Kier alpha value is -3.34. The highest BCUT2D eigenvalue weighted by molar-refractivity contribution is 7.92. The van der Waals surface area contributed by atoms with Crippen LogP contribution in [-0.2, 0) is 0 Å². The van der Waals surface area contributed by atoms with E-state index in [1.807, 2.05) is 0 Å². The number of rotatable bonds is 5. The molecule has 0 amide bonds. The molecule has 1 heterocycles. The molecule has 1 atom stereocenters. The second kappa shape index (κ2) is 9.03. The number of hydrogen-bond acceptors (Lipinski definition) is 0. The third kappa shape index (κ3) is 3.62. The Kier molecular flexibility index (Phi) is 5.80. The highest BCUT2D eigenvalue weighted by Gasteiger charge is 2.31. The van der Waals surface area contributed by atoms with Gasteiger partial charge in [-0.2, -0.15) is 0 Å². The molecule has 156 valence electrons. The molecule has 0 aliphatic carbocycles. The Bertz CT molecular complexity index is 1310. The van der Waals surface area contributed by atoms with Crippen molar-refractivity contribution in [2.75, 3.05) is 6.16 Å². The van der Waals surface area contributed by atoms with Crippen LogP contribution in [0.3, 0.4) is 0 Å². The van der Waals surface area contributed by atoms with E-state index in [1.54, 1.807) is 0 Å². The predicted octanol–water partition coefficient (Wildman–Crippen LogP) is 7.71. The van der Waals surface area contributed by atoms with E-state index >= 15 is 0 Å². The lowest BCUT2D eigenvalue weighted by molar-refractivity contribution is 1.49. The first-order valence-corrected chi connectivity index (χ1v) is 13.2. The zero-order valence-corrected chi connectivity index (χ0v) is 19.3. The van der Waals surface area contributed by atoms with Crippen LogP contribution in [0.1, 0.15) is 23.6 Å². The van der Waals surface area contributed by atoms with Crippen LogP contribution in [0, 0.1) is 0 Å². The maximum absolute atomic E-state index is 2.46. The van der Waals surface area contributed by atoms with Crippen molar-refractivity contribution in [2.24, 2.45) is 0 Å². The van der Waals surface area contributed by atoms with Crippen LogP contribution in [0.2, 0.25) is 0 Å². The van der Waals surface area contributed by atoms with Gasteiger partial charge in [0.25, 0.3) is 0 Å². The molecule has 4 aromatic carbocycles. The van der Waals surface area contributed by atoms with Crippen LogP contribution in [-0.4, -0.2) is 11.5 Å². The molecule has 32 heavy (non-hydrogen) atoms. The Morgan fingerprint density at radius 3 is 1.50 bits per heavy atom. The van der Waals surface area contributed by atoms with Gasteiger partial charge in [-0.25, -0.2) is 0 Å². The van der Waals surface area contributed by atoms with Crippen LogP contribution >= 0.6 is 6.89 Å². The summed E-state index contributed by atoms with van der Waals surface area (Å²) in [6.45, 7) is 0.519. The molecule has 0 bridgehead atoms. The van der Waals surface area contributed by atoms with Crippen molar-refractivity contribution in [1.82, 2.24) is 0 Å². The van der Waals surface area contributed by atoms with Gasteiger partial charge in [-0.05, 0) is 63.4 Å². The van der Waals surface area contributed by atoms with Crippen molar-refractivity contribution < 1.29 is 0 Å². The normalized spacial score (nSPS) is 18.1. The van der Waals surface area contributed by atoms with Gasteiger partial charge in [-0.1, -0.05) is 128 Å². The molecule has 1 heteroatoms. The van der Waals surface area contributed by atoms with Gasteiger partial charge in [0, 0.05) is 0 Å². The van der Waals surface area contributed by atoms with Crippen LogP contribution < -0.4 is 5.30 Å². The summed E-state index contributed by atoms with van der Waals surface area (Å²) in [5.41, 5.74) is 5.18. The summed E-state index contributed by atoms with van der Waals surface area (Å²) in [6, 6.07) is 43.9. The van der Waals surface area contributed by atoms with Crippen LogP contribution in [0.4, 0.5) is 0 Å².